The molecule has 0 saturated heterocycles. The Morgan fingerprint density at radius 2 is 2.13 bits per heavy atom. The molecule has 0 amide bonds. The lowest BCUT2D eigenvalue weighted by atomic mass is 9.93. The van der Waals surface area contributed by atoms with E-state index in [4.69, 9.17) is 4.98 Å². The molecule has 0 radical (unpaired) electrons. The Hall–Kier alpha value is -0.410. The Labute approximate surface area is 97.1 Å². The maximum Gasteiger partial charge on any atom is 0.110 e. The van der Waals surface area contributed by atoms with Crippen LogP contribution >= 0.6 is 11.3 Å². The van der Waals surface area contributed by atoms with Gasteiger partial charge in [-0.15, -0.1) is 11.3 Å². The minimum absolute atomic E-state index is 0.166. The number of nitrogens with one attached hydrogen (secondary N) is 1. The molecule has 1 aromatic rings. The molecule has 1 unspecified atom stereocenters. The minimum Gasteiger partial charge on any atom is -0.311 e. The van der Waals surface area contributed by atoms with Crippen LogP contribution in [0.5, 0.6) is 0 Å². The van der Waals surface area contributed by atoms with Crippen molar-refractivity contribution in [1.29, 1.82) is 0 Å². The largest absolute Gasteiger partial charge is 0.311 e. The molecular weight excluding hydrogens is 204 g/mol. The summed E-state index contributed by atoms with van der Waals surface area (Å²) in [5, 5.41) is 6.75. The highest BCUT2D eigenvalue weighted by Gasteiger charge is 2.20. The first kappa shape index (κ1) is 12.7. The molecule has 2 nitrogen and oxygen atoms in total. The maximum atomic E-state index is 4.73. The summed E-state index contributed by atoms with van der Waals surface area (Å²) in [5.74, 6) is 0. The Morgan fingerprint density at radius 1 is 1.47 bits per heavy atom. The average Bonchev–Trinajstić information content (AvgIpc) is 2.62. The number of hydrogen-bond acceptors (Lipinski definition) is 3. The van der Waals surface area contributed by atoms with Gasteiger partial charge < -0.3 is 5.32 Å². The van der Waals surface area contributed by atoms with Crippen LogP contribution in [0.3, 0.4) is 0 Å². The zero-order chi connectivity index (χ0) is 11.5. The smallest absolute Gasteiger partial charge is 0.110 e. The number of thiazole rings is 1. The van der Waals surface area contributed by atoms with Crippen LogP contribution in [-0.4, -0.2) is 12.0 Å². The van der Waals surface area contributed by atoms with Crippen molar-refractivity contribution < 1.29 is 0 Å². The van der Waals surface area contributed by atoms with Gasteiger partial charge in [-0.1, -0.05) is 34.1 Å². The van der Waals surface area contributed by atoms with Crippen molar-refractivity contribution >= 4 is 11.3 Å². The van der Waals surface area contributed by atoms with Gasteiger partial charge in [-0.3, -0.25) is 0 Å². The summed E-state index contributed by atoms with van der Waals surface area (Å²) in [6, 6.07) is 0.427. The van der Waals surface area contributed by atoms with Crippen LogP contribution in [0.1, 0.15) is 57.3 Å². The Morgan fingerprint density at radius 3 is 2.53 bits per heavy atom. The predicted octanol–water partition coefficient (Wildman–Crippen LogP) is 3.50. The van der Waals surface area contributed by atoms with Gasteiger partial charge in [-0.2, -0.15) is 0 Å². The minimum atomic E-state index is 0.166. The Kier molecular flexibility index (Phi) is 4.29. The predicted molar refractivity (Wildman–Crippen MR) is 67.5 cm³/mol. The van der Waals surface area contributed by atoms with Crippen LogP contribution in [-0.2, 0) is 5.41 Å². The van der Waals surface area contributed by atoms with Crippen molar-refractivity contribution in [3.63, 3.8) is 0 Å². The lowest BCUT2D eigenvalue weighted by Gasteiger charge is -2.15. The van der Waals surface area contributed by atoms with E-state index in [1.807, 2.05) is 7.05 Å². The first-order valence-electron chi connectivity index (χ1n) is 5.62. The summed E-state index contributed by atoms with van der Waals surface area (Å²) < 4.78 is 0. The zero-order valence-electron chi connectivity index (χ0n) is 10.4. The molecule has 0 saturated carbocycles. The second-order valence-electron chi connectivity index (χ2n) is 4.95. The van der Waals surface area contributed by atoms with Gasteiger partial charge in [0.05, 0.1) is 11.7 Å². The molecular formula is C12H22N2S. The summed E-state index contributed by atoms with van der Waals surface area (Å²) in [4.78, 5) is 4.73. The average molecular weight is 226 g/mol. The standard InChI is InChI=1S/C12H22N2S/c1-6-7-9(13-5)11-14-10(8-15-11)12(2,3)4/h8-9,13H,6-7H2,1-5H3. The Balaban J connectivity index is 2.82. The van der Waals surface area contributed by atoms with Gasteiger partial charge in [-0.05, 0) is 13.5 Å². The first-order chi connectivity index (χ1) is 6.99. The molecule has 86 valence electrons. The number of rotatable bonds is 4. The van der Waals surface area contributed by atoms with Gasteiger partial charge in [0.15, 0.2) is 0 Å². The third kappa shape index (κ3) is 3.28. The van der Waals surface area contributed by atoms with Gasteiger partial charge in [0.25, 0.3) is 0 Å². The molecule has 1 heterocycles. The van der Waals surface area contributed by atoms with Crippen molar-refractivity contribution in [3.8, 4) is 0 Å². The molecule has 0 fully saturated rings. The zero-order valence-corrected chi connectivity index (χ0v) is 11.2. The summed E-state index contributed by atoms with van der Waals surface area (Å²) >= 11 is 1.78. The van der Waals surface area contributed by atoms with E-state index in [1.54, 1.807) is 11.3 Å². The highest BCUT2D eigenvalue weighted by Crippen LogP contribution is 2.28. The van der Waals surface area contributed by atoms with Crippen LogP contribution < -0.4 is 5.32 Å². The molecule has 1 aromatic heterocycles. The second kappa shape index (κ2) is 5.08. The van der Waals surface area contributed by atoms with Gasteiger partial charge in [0, 0.05) is 10.8 Å². The van der Waals surface area contributed by atoms with E-state index in [0.717, 1.165) is 6.42 Å². The van der Waals surface area contributed by atoms with E-state index in [0.29, 0.717) is 6.04 Å². The second-order valence-corrected chi connectivity index (χ2v) is 5.84. The van der Waals surface area contributed by atoms with E-state index in [9.17, 15) is 0 Å². The van der Waals surface area contributed by atoms with Crippen LogP contribution in [0.4, 0.5) is 0 Å². The fraction of sp³-hybridized carbons (Fsp3) is 0.750. The van der Waals surface area contributed by atoms with Gasteiger partial charge in [0.1, 0.15) is 5.01 Å². The van der Waals surface area contributed by atoms with E-state index in [2.05, 4.69) is 38.4 Å². The van der Waals surface area contributed by atoms with Gasteiger partial charge in [-0.25, -0.2) is 4.98 Å². The summed E-state index contributed by atoms with van der Waals surface area (Å²) in [6.45, 7) is 8.84. The molecule has 0 aliphatic carbocycles. The van der Waals surface area contributed by atoms with Crippen molar-refractivity contribution in [3.05, 3.63) is 16.1 Å². The van der Waals surface area contributed by atoms with Crippen molar-refractivity contribution in [2.75, 3.05) is 7.05 Å². The molecule has 1 atom stereocenters. The summed E-state index contributed by atoms with van der Waals surface area (Å²) in [7, 11) is 2.01. The normalized spacial score (nSPS) is 14.2. The van der Waals surface area contributed by atoms with Crippen molar-refractivity contribution in [2.45, 2.75) is 52.0 Å². The summed E-state index contributed by atoms with van der Waals surface area (Å²) in [6.07, 6.45) is 2.35. The highest BCUT2D eigenvalue weighted by atomic mass is 32.1. The molecule has 0 aliphatic heterocycles. The van der Waals surface area contributed by atoms with E-state index < -0.39 is 0 Å². The Bertz CT molecular complexity index is 299. The first-order valence-corrected chi connectivity index (χ1v) is 6.50. The number of hydrogen-bond donors (Lipinski definition) is 1. The molecule has 0 spiro atoms. The van der Waals surface area contributed by atoms with Crippen LogP contribution in [0.25, 0.3) is 0 Å². The highest BCUT2D eigenvalue weighted by molar-refractivity contribution is 7.09. The molecule has 1 N–H and O–H groups in total. The molecule has 15 heavy (non-hydrogen) atoms. The fourth-order valence-corrected chi connectivity index (χ4v) is 2.66. The van der Waals surface area contributed by atoms with Crippen molar-refractivity contribution in [2.24, 2.45) is 0 Å². The lowest BCUT2D eigenvalue weighted by molar-refractivity contribution is 0.525. The van der Waals surface area contributed by atoms with Crippen molar-refractivity contribution in [1.82, 2.24) is 10.3 Å². The van der Waals surface area contributed by atoms with E-state index in [-0.39, 0.29) is 5.41 Å². The molecule has 0 bridgehead atoms. The van der Waals surface area contributed by atoms with Gasteiger partial charge >= 0.3 is 0 Å². The van der Waals surface area contributed by atoms with Crippen LogP contribution in [0.15, 0.2) is 5.38 Å². The monoisotopic (exact) mass is 226 g/mol. The maximum absolute atomic E-state index is 4.73. The number of nitrogens with zero attached hydrogens (tertiary/aromatic N) is 1. The fourth-order valence-electron chi connectivity index (χ4n) is 1.47. The third-order valence-corrected chi connectivity index (χ3v) is 3.47. The lowest BCUT2D eigenvalue weighted by Crippen LogP contribution is -2.17. The molecule has 0 aromatic carbocycles. The summed E-state index contributed by atoms with van der Waals surface area (Å²) in [5.41, 5.74) is 1.37. The third-order valence-electron chi connectivity index (χ3n) is 2.51. The van der Waals surface area contributed by atoms with E-state index >= 15 is 0 Å². The topological polar surface area (TPSA) is 24.9 Å². The van der Waals surface area contributed by atoms with Crippen LogP contribution in [0, 0.1) is 0 Å². The quantitative estimate of drug-likeness (QED) is 0.850. The molecule has 3 heteroatoms. The van der Waals surface area contributed by atoms with Crippen LogP contribution in [0.2, 0.25) is 0 Å². The molecule has 0 aliphatic rings. The SMILES string of the molecule is CCCC(NC)c1nc(C(C)(C)C)cs1. The number of aromatic nitrogens is 1. The van der Waals surface area contributed by atoms with Gasteiger partial charge in [0.2, 0.25) is 0 Å². The van der Waals surface area contributed by atoms with E-state index in [1.165, 1.54) is 17.1 Å². The molecule has 1 rings (SSSR count).